The number of carbonyl (C=O) groups is 2. The summed E-state index contributed by atoms with van der Waals surface area (Å²) in [5.74, 6) is 1.02. The van der Waals surface area contributed by atoms with Crippen LogP contribution >= 0.6 is 11.6 Å². The molecule has 8 heteroatoms. The van der Waals surface area contributed by atoms with Crippen LogP contribution in [0, 0.1) is 0 Å². The van der Waals surface area contributed by atoms with Crippen molar-refractivity contribution in [2.45, 2.75) is 18.9 Å². The first-order valence-electron chi connectivity index (χ1n) is 8.64. The second kappa shape index (κ2) is 7.36. The van der Waals surface area contributed by atoms with Crippen LogP contribution in [0.2, 0.25) is 5.02 Å². The van der Waals surface area contributed by atoms with Crippen molar-refractivity contribution >= 4 is 34.9 Å². The van der Waals surface area contributed by atoms with Crippen LogP contribution in [0.3, 0.4) is 0 Å². The van der Waals surface area contributed by atoms with Crippen molar-refractivity contribution in [1.29, 1.82) is 0 Å². The van der Waals surface area contributed by atoms with Gasteiger partial charge in [-0.25, -0.2) is 4.79 Å². The summed E-state index contributed by atoms with van der Waals surface area (Å²) in [6.45, 7) is 0.701. The highest BCUT2D eigenvalue weighted by atomic mass is 35.5. The number of nitrogens with zero attached hydrogens (tertiary/aromatic N) is 1. The summed E-state index contributed by atoms with van der Waals surface area (Å²) in [6.07, 6.45) is 1.39. The second-order valence-electron chi connectivity index (χ2n) is 6.35. The standard InChI is InChI=1S/C19H18ClN3O4/c20-12-3-5-13(6-4-12)22-19(25)23-9-1-2-15(23)18(24)21-14-7-8-16-17(10-14)27-11-26-16/h3-8,10,15H,1-2,9,11H2,(H,21,24)(H,22,25)/t15-/m1/s1. The van der Waals surface area contributed by atoms with Crippen LogP contribution in [0.5, 0.6) is 11.5 Å². The fraction of sp³-hybridized carbons (Fsp3) is 0.263. The number of rotatable bonds is 3. The SMILES string of the molecule is O=C(Nc1ccc2c(c1)OCO2)[C@H]1CCCN1C(=O)Nc1ccc(Cl)cc1. The van der Waals surface area contributed by atoms with Gasteiger partial charge in [-0.2, -0.15) is 0 Å². The van der Waals surface area contributed by atoms with E-state index in [9.17, 15) is 9.59 Å². The minimum atomic E-state index is -0.525. The summed E-state index contributed by atoms with van der Waals surface area (Å²) >= 11 is 5.86. The van der Waals surface area contributed by atoms with Crippen molar-refractivity contribution in [3.8, 4) is 11.5 Å². The van der Waals surface area contributed by atoms with Gasteiger partial charge in [0.05, 0.1) is 0 Å². The molecule has 0 spiro atoms. The Bertz CT molecular complexity index is 872. The minimum absolute atomic E-state index is 0.175. The van der Waals surface area contributed by atoms with Gasteiger partial charge in [0.2, 0.25) is 12.7 Å². The predicted octanol–water partition coefficient (Wildman–Crippen LogP) is 3.70. The predicted molar refractivity (Wildman–Crippen MR) is 101 cm³/mol. The Labute approximate surface area is 161 Å². The maximum Gasteiger partial charge on any atom is 0.322 e. The summed E-state index contributed by atoms with van der Waals surface area (Å²) in [7, 11) is 0. The van der Waals surface area contributed by atoms with Crippen molar-refractivity contribution in [2.24, 2.45) is 0 Å². The lowest BCUT2D eigenvalue weighted by molar-refractivity contribution is -0.119. The second-order valence-corrected chi connectivity index (χ2v) is 6.78. The average Bonchev–Trinajstić information content (AvgIpc) is 3.32. The number of hydrogen-bond donors (Lipinski definition) is 2. The van der Waals surface area contributed by atoms with E-state index in [1.807, 2.05) is 0 Å². The molecule has 4 rings (SSSR count). The summed E-state index contributed by atoms with van der Waals surface area (Å²) in [5, 5.41) is 6.25. The molecule has 0 saturated carbocycles. The van der Waals surface area contributed by atoms with Crippen molar-refractivity contribution in [1.82, 2.24) is 4.90 Å². The topological polar surface area (TPSA) is 79.9 Å². The fourth-order valence-corrected chi connectivity index (χ4v) is 3.34. The van der Waals surface area contributed by atoms with Crippen molar-refractivity contribution in [3.63, 3.8) is 0 Å². The molecule has 2 heterocycles. The molecule has 2 aliphatic heterocycles. The van der Waals surface area contributed by atoms with E-state index in [1.165, 1.54) is 0 Å². The van der Waals surface area contributed by atoms with Crippen LogP contribution in [-0.4, -0.2) is 36.2 Å². The van der Waals surface area contributed by atoms with Gasteiger partial charge >= 0.3 is 6.03 Å². The van der Waals surface area contributed by atoms with Gasteiger partial charge in [-0.3, -0.25) is 4.79 Å². The van der Waals surface area contributed by atoms with Crippen LogP contribution in [0.15, 0.2) is 42.5 Å². The number of fused-ring (bicyclic) bond motifs is 1. The molecule has 0 aromatic heterocycles. The number of amides is 3. The Kier molecular flexibility index (Phi) is 4.77. The van der Waals surface area contributed by atoms with E-state index in [-0.39, 0.29) is 18.7 Å². The molecule has 3 amide bonds. The Morgan fingerprint density at radius 3 is 2.56 bits per heavy atom. The van der Waals surface area contributed by atoms with E-state index in [4.69, 9.17) is 21.1 Å². The van der Waals surface area contributed by atoms with E-state index in [2.05, 4.69) is 10.6 Å². The van der Waals surface area contributed by atoms with Gasteiger partial charge in [-0.15, -0.1) is 0 Å². The molecule has 2 N–H and O–H groups in total. The zero-order valence-electron chi connectivity index (χ0n) is 14.4. The van der Waals surface area contributed by atoms with Crippen LogP contribution < -0.4 is 20.1 Å². The molecular formula is C19H18ClN3O4. The largest absolute Gasteiger partial charge is 0.454 e. The number of anilines is 2. The first-order chi connectivity index (χ1) is 13.1. The molecule has 1 fully saturated rings. The minimum Gasteiger partial charge on any atom is -0.454 e. The van der Waals surface area contributed by atoms with E-state index >= 15 is 0 Å². The Balaban J connectivity index is 1.41. The highest BCUT2D eigenvalue weighted by Gasteiger charge is 2.34. The maximum atomic E-state index is 12.7. The molecule has 7 nitrogen and oxygen atoms in total. The highest BCUT2D eigenvalue weighted by Crippen LogP contribution is 2.34. The van der Waals surface area contributed by atoms with Gasteiger partial charge in [-0.05, 0) is 49.2 Å². The lowest BCUT2D eigenvalue weighted by Gasteiger charge is -2.24. The highest BCUT2D eigenvalue weighted by molar-refractivity contribution is 6.30. The molecule has 0 aliphatic carbocycles. The van der Waals surface area contributed by atoms with Gasteiger partial charge in [-0.1, -0.05) is 11.6 Å². The number of benzene rings is 2. The molecule has 1 saturated heterocycles. The lowest BCUT2D eigenvalue weighted by atomic mass is 10.2. The molecule has 1 atom stereocenters. The summed E-state index contributed by atoms with van der Waals surface area (Å²) < 4.78 is 10.6. The van der Waals surface area contributed by atoms with Crippen LogP contribution in [-0.2, 0) is 4.79 Å². The van der Waals surface area contributed by atoms with Gasteiger partial charge < -0.3 is 25.0 Å². The van der Waals surface area contributed by atoms with Crippen LogP contribution in [0.25, 0.3) is 0 Å². The normalized spacial score (nSPS) is 17.7. The molecule has 140 valence electrons. The molecule has 0 unspecified atom stereocenters. The zero-order valence-corrected chi connectivity index (χ0v) is 15.2. The number of halogens is 1. The third kappa shape index (κ3) is 3.78. The van der Waals surface area contributed by atoms with Crippen LogP contribution in [0.1, 0.15) is 12.8 Å². The zero-order chi connectivity index (χ0) is 18.8. The summed E-state index contributed by atoms with van der Waals surface area (Å²) in [6, 6.07) is 11.2. The first kappa shape index (κ1) is 17.5. The Morgan fingerprint density at radius 1 is 1.00 bits per heavy atom. The third-order valence-corrected chi connectivity index (χ3v) is 4.80. The third-order valence-electron chi connectivity index (χ3n) is 4.55. The van der Waals surface area contributed by atoms with Crippen molar-refractivity contribution in [2.75, 3.05) is 24.0 Å². The van der Waals surface area contributed by atoms with Crippen LogP contribution in [0.4, 0.5) is 16.2 Å². The molecule has 2 aromatic rings. The van der Waals surface area contributed by atoms with Gasteiger partial charge in [0, 0.05) is 29.0 Å². The Morgan fingerprint density at radius 2 is 1.74 bits per heavy atom. The number of likely N-dealkylation sites (tertiary alicyclic amines) is 1. The van der Waals surface area contributed by atoms with Crippen molar-refractivity contribution in [3.05, 3.63) is 47.5 Å². The fourth-order valence-electron chi connectivity index (χ4n) is 3.21. The number of ether oxygens (including phenoxy) is 2. The van der Waals surface area contributed by atoms with Crippen molar-refractivity contribution < 1.29 is 19.1 Å². The number of hydrogen-bond acceptors (Lipinski definition) is 4. The van der Waals surface area contributed by atoms with E-state index in [0.717, 1.165) is 6.42 Å². The van der Waals surface area contributed by atoms with E-state index in [0.29, 0.717) is 40.9 Å². The van der Waals surface area contributed by atoms with E-state index < -0.39 is 6.04 Å². The molecule has 2 aromatic carbocycles. The van der Waals surface area contributed by atoms with Gasteiger partial charge in [0.25, 0.3) is 0 Å². The molecule has 2 aliphatic rings. The Hall–Kier alpha value is -2.93. The maximum absolute atomic E-state index is 12.7. The quantitative estimate of drug-likeness (QED) is 0.841. The monoisotopic (exact) mass is 387 g/mol. The summed E-state index contributed by atoms with van der Waals surface area (Å²) in [5.41, 5.74) is 1.24. The molecule has 0 radical (unpaired) electrons. The van der Waals surface area contributed by atoms with Gasteiger partial charge in [0.15, 0.2) is 11.5 Å². The first-order valence-corrected chi connectivity index (χ1v) is 9.02. The average molecular weight is 388 g/mol. The molecule has 27 heavy (non-hydrogen) atoms. The smallest absolute Gasteiger partial charge is 0.322 e. The molecule has 0 bridgehead atoms. The van der Waals surface area contributed by atoms with Gasteiger partial charge in [0.1, 0.15) is 6.04 Å². The number of urea groups is 1. The van der Waals surface area contributed by atoms with E-state index in [1.54, 1.807) is 47.4 Å². The lowest BCUT2D eigenvalue weighted by Crippen LogP contribution is -2.45. The summed E-state index contributed by atoms with van der Waals surface area (Å²) in [4.78, 5) is 26.8. The number of carbonyl (C=O) groups excluding carboxylic acids is 2. The number of nitrogens with one attached hydrogen (secondary N) is 2. The molecular weight excluding hydrogens is 370 g/mol.